The highest BCUT2D eigenvalue weighted by Gasteiger charge is 2.24. The van der Waals surface area contributed by atoms with E-state index in [0.717, 1.165) is 36.3 Å². The Hall–Kier alpha value is -3.22. The summed E-state index contributed by atoms with van der Waals surface area (Å²) in [4.78, 5) is 8.96. The highest BCUT2D eigenvalue weighted by atomic mass is 19.1. The van der Waals surface area contributed by atoms with Gasteiger partial charge in [0, 0.05) is 19.1 Å². The van der Waals surface area contributed by atoms with E-state index in [1.54, 1.807) is 24.4 Å². The van der Waals surface area contributed by atoms with Gasteiger partial charge in [0.05, 0.1) is 17.3 Å². The molecule has 0 saturated carbocycles. The number of nitrogens with zero attached hydrogens (tertiary/aromatic N) is 3. The van der Waals surface area contributed by atoms with Crippen LogP contribution in [0.5, 0.6) is 0 Å². The van der Waals surface area contributed by atoms with E-state index in [-0.39, 0.29) is 11.7 Å². The van der Waals surface area contributed by atoms with E-state index in [1.165, 1.54) is 12.1 Å². The second-order valence-electron chi connectivity index (χ2n) is 6.40. The van der Waals surface area contributed by atoms with Crippen LogP contribution in [0.2, 0.25) is 0 Å². The van der Waals surface area contributed by atoms with Gasteiger partial charge in [-0.3, -0.25) is 4.99 Å². The van der Waals surface area contributed by atoms with Gasteiger partial charge in [-0.05, 0) is 60.8 Å². The molecule has 0 saturated heterocycles. The van der Waals surface area contributed by atoms with E-state index < -0.39 is 0 Å². The molecule has 26 heavy (non-hydrogen) atoms. The molecule has 1 unspecified atom stereocenters. The molecule has 1 aromatic heterocycles. The van der Waals surface area contributed by atoms with E-state index >= 15 is 0 Å². The molecule has 0 fully saturated rings. The van der Waals surface area contributed by atoms with Crippen LogP contribution < -0.4 is 0 Å². The van der Waals surface area contributed by atoms with Gasteiger partial charge in [0.2, 0.25) is 5.89 Å². The normalized spacial score (nSPS) is 18.6. The third kappa shape index (κ3) is 3.28. The fourth-order valence-corrected chi connectivity index (χ4v) is 3.40. The highest BCUT2D eigenvalue weighted by molar-refractivity contribution is 5.79. The zero-order valence-electron chi connectivity index (χ0n) is 14.1. The van der Waals surface area contributed by atoms with Crippen molar-refractivity contribution in [3.8, 4) is 6.07 Å². The number of benzene rings is 1. The largest absolute Gasteiger partial charge is 0.440 e. The maximum atomic E-state index is 13.8. The average Bonchev–Trinajstić information content (AvgIpc) is 2.84. The van der Waals surface area contributed by atoms with Crippen molar-refractivity contribution < 1.29 is 8.81 Å². The molecule has 0 spiro atoms. The van der Waals surface area contributed by atoms with E-state index in [4.69, 9.17) is 9.68 Å². The molecule has 4 rings (SSSR count). The lowest BCUT2D eigenvalue weighted by Crippen LogP contribution is -2.03. The Morgan fingerprint density at radius 2 is 2.19 bits per heavy atom. The maximum absolute atomic E-state index is 13.8. The summed E-state index contributed by atoms with van der Waals surface area (Å²) in [7, 11) is 0. The van der Waals surface area contributed by atoms with Crippen LogP contribution in [0.15, 0.2) is 51.6 Å². The van der Waals surface area contributed by atoms with Gasteiger partial charge in [-0.1, -0.05) is 0 Å². The molecule has 1 aromatic carbocycles. The van der Waals surface area contributed by atoms with Gasteiger partial charge in [0.25, 0.3) is 0 Å². The average molecular weight is 345 g/mol. The number of aryl methyl sites for hydroxylation is 1. The van der Waals surface area contributed by atoms with Crippen LogP contribution in [-0.4, -0.2) is 11.2 Å². The topological polar surface area (TPSA) is 62.2 Å². The number of aromatic nitrogens is 1. The zero-order valence-corrected chi connectivity index (χ0v) is 14.1. The minimum atomic E-state index is -0.374. The second kappa shape index (κ2) is 6.95. The van der Waals surface area contributed by atoms with Gasteiger partial charge in [-0.15, -0.1) is 5.73 Å². The minimum Gasteiger partial charge on any atom is -0.440 e. The van der Waals surface area contributed by atoms with Gasteiger partial charge in [0.1, 0.15) is 17.3 Å². The molecule has 5 heteroatoms. The van der Waals surface area contributed by atoms with Gasteiger partial charge in [-0.2, -0.15) is 5.26 Å². The van der Waals surface area contributed by atoms with Crippen molar-refractivity contribution in [2.75, 3.05) is 0 Å². The van der Waals surface area contributed by atoms with E-state index in [1.807, 2.05) is 12.1 Å². The summed E-state index contributed by atoms with van der Waals surface area (Å²) in [5, 5.41) is 9.09. The number of hydrogen-bond donors (Lipinski definition) is 0. The van der Waals surface area contributed by atoms with Crippen LogP contribution in [0, 0.1) is 17.1 Å². The van der Waals surface area contributed by atoms with Gasteiger partial charge in [-0.25, -0.2) is 9.37 Å². The Bertz CT molecular complexity index is 1020. The lowest BCUT2D eigenvalue weighted by molar-refractivity contribution is 0.481. The van der Waals surface area contributed by atoms with Crippen LogP contribution in [-0.2, 0) is 12.8 Å². The summed E-state index contributed by atoms with van der Waals surface area (Å²) in [5.74, 6) is 1.11. The summed E-state index contributed by atoms with van der Waals surface area (Å²) in [6.45, 7) is 0. The molecule has 1 aliphatic heterocycles. The van der Waals surface area contributed by atoms with Gasteiger partial charge < -0.3 is 4.42 Å². The number of fused-ring (bicyclic) bond motifs is 1. The molecule has 0 amide bonds. The van der Waals surface area contributed by atoms with Crippen molar-refractivity contribution in [3.63, 3.8) is 0 Å². The summed E-state index contributed by atoms with van der Waals surface area (Å²) in [6, 6.07) is 6.58. The van der Waals surface area contributed by atoms with Crippen molar-refractivity contribution in [2.45, 2.75) is 31.6 Å². The van der Waals surface area contributed by atoms with Crippen LogP contribution in [0.25, 0.3) is 5.70 Å². The van der Waals surface area contributed by atoms with Crippen LogP contribution in [0.4, 0.5) is 4.39 Å². The smallest absolute Gasteiger partial charge is 0.245 e. The molecule has 2 aromatic rings. The lowest BCUT2D eigenvalue weighted by atomic mass is 9.90. The highest BCUT2D eigenvalue weighted by Crippen LogP contribution is 2.33. The lowest BCUT2D eigenvalue weighted by Gasteiger charge is -2.14. The predicted molar refractivity (Wildman–Crippen MR) is 96.1 cm³/mol. The Labute approximate surface area is 150 Å². The quantitative estimate of drug-likeness (QED) is 0.595. The zero-order chi connectivity index (χ0) is 17.9. The van der Waals surface area contributed by atoms with Crippen molar-refractivity contribution in [1.29, 1.82) is 5.26 Å². The SMILES string of the molecule is N#Cc1cc(F)cc(C2CCCc3oc(C4=CC=C=CC=N4)nc3C2)c1. The van der Waals surface area contributed by atoms with E-state index in [2.05, 4.69) is 15.7 Å². The molecular weight excluding hydrogens is 329 g/mol. The predicted octanol–water partition coefficient (Wildman–Crippen LogP) is 4.48. The summed E-state index contributed by atoms with van der Waals surface area (Å²) in [5.41, 5.74) is 5.70. The fourth-order valence-electron chi connectivity index (χ4n) is 3.40. The molecule has 0 radical (unpaired) electrons. The Morgan fingerprint density at radius 3 is 3.08 bits per heavy atom. The number of oxazole rings is 1. The first-order valence-electron chi connectivity index (χ1n) is 8.58. The Morgan fingerprint density at radius 1 is 1.27 bits per heavy atom. The number of halogens is 1. The van der Waals surface area contributed by atoms with E-state index in [9.17, 15) is 4.39 Å². The summed E-state index contributed by atoms with van der Waals surface area (Å²) < 4.78 is 19.8. The third-order valence-corrected chi connectivity index (χ3v) is 4.64. The first-order chi connectivity index (χ1) is 12.7. The number of rotatable bonds is 2. The Kier molecular flexibility index (Phi) is 4.35. The molecule has 0 bridgehead atoms. The molecule has 2 heterocycles. The molecule has 1 atom stereocenters. The summed E-state index contributed by atoms with van der Waals surface area (Å²) in [6.07, 6.45) is 10.3. The first-order valence-corrected chi connectivity index (χ1v) is 8.58. The first kappa shape index (κ1) is 16.3. The third-order valence-electron chi connectivity index (χ3n) is 4.64. The maximum Gasteiger partial charge on any atom is 0.245 e. The van der Waals surface area contributed by atoms with Crippen molar-refractivity contribution in [3.05, 3.63) is 76.4 Å². The monoisotopic (exact) mass is 345 g/mol. The minimum absolute atomic E-state index is 0.116. The molecule has 4 nitrogen and oxygen atoms in total. The molecule has 2 aliphatic rings. The second-order valence-corrected chi connectivity index (χ2v) is 6.40. The van der Waals surface area contributed by atoms with Gasteiger partial charge >= 0.3 is 0 Å². The molecule has 1 aliphatic carbocycles. The van der Waals surface area contributed by atoms with Crippen molar-refractivity contribution >= 4 is 11.9 Å². The Balaban J connectivity index is 1.65. The number of aliphatic imine (C=N–C) groups is 1. The van der Waals surface area contributed by atoms with Crippen molar-refractivity contribution in [1.82, 2.24) is 4.98 Å². The molecular formula is C21H16FN3O. The van der Waals surface area contributed by atoms with Gasteiger partial charge in [0.15, 0.2) is 0 Å². The number of allylic oxidation sites excluding steroid dienone is 2. The van der Waals surface area contributed by atoms with Crippen LogP contribution in [0.3, 0.4) is 0 Å². The standard InChI is InChI=1S/C21H16FN3O/c22-17-10-14(13-23)9-16(11-17)15-5-4-7-20-19(12-15)25-21(26-20)18-6-2-1-3-8-24-18/h2-3,6,8-11,15H,4-5,7,12H2. The fraction of sp³-hybridized carbons (Fsp3) is 0.238. The summed E-state index contributed by atoms with van der Waals surface area (Å²) >= 11 is 0. The number of hydrogen-bond acceptors (Lipinski definition) is 4. The molecule has 128 valence electrons. The number of nitriles is 1. The molecule has 0 N–H and O–H groups in total. The van der Waals surface area contributed by atoms with E-state index in [0.29, 0.717) is 23.6 Å². The van der Waals surface area contributed by atoms with Crippen molar-refractivity contribution in [2.24, 2.45) is 4.99 Å². The van der Waals surface area contributed by atoms with Crippen LogP contribution in [0.1, 0.15) is 47.2 Å². The van der Waals surface area contributed by atoms with Crippen LogP contribution >= 0.6 is 0 Å².